The Hall–Kier alpha value is -1.58. The number of nitrogens with one attached hydrogen (secondary N) is 3. The fourth-order valence-electron chi connectivity index (χ4n) is 2.35. The third-order valence-corrected chi connectivity index (χ3v) is 3.40. The molecule has 122 valence electrons. The Morgan fingerprint density at radius 3 is 2.68 bits per heavy atom. The number of rotatable bonds is 3. The number of fused-ring (bicyclic) bond motifs is 1. The van der Waals surface area contributed by atoms with Gasteiger partial charge >= 0.3 is 0 Å². The fraction of sp³-hybridized carbons (Fsp3) is 0.333. The Balaban J connectivity index is 0.00000121. The molecule has 0 bridgehead atoms. The lowest BCUT2D eigenvalue weighted by molar-refractivity contribution is 0.0441. The molecule has 1 aliphatic carbocycles. The van der Waals surface area contributed by atoms with Gasteiger partial charge in [0, 0.05) is 12.7 Å². The molecular formula is C12H17Cl2N5O3. The van der Waals surface area contributed by atoms with Gasteiger partial charge in [-0.15, -0.1) is 24.8 Å². The molecule has 10 heteroatoms. The zero-order chi connectivity index (χ0) is 14.3. The maximum Gasteiger partial charge on any atom is 0.262 e. The molecule has 2 aromatic rings. The van der Waals surface area contributed by atoms with Crippen LogP contribution in [-0.2, 0) is 6.54 Å². The molecule has 0 saturated carbocycles. The van der Waals surface area contributed by atoms with Gasteiger partial charge in [0.05, 0.1) is 17.5 Å². The van der Waals surface area contributed by atoms with Gasteiger partial charge in [0.15, 0.2) is 0 Å². The molecule has 0 aliphatic heterocycles. The van der Waals surface area contributed by atoms with E-state index in [2.05, 4.69) is 20.3 Å². The number of aromatic amines is 2. The van der Waals surface area contributed by atoms with E-state index in [1.807, 2.05) is 0 Å². The summed E-state index contributed by atoms with van der Waals surface area (Å²) >= 11 is 0. The summed E-state index contributed by atoms with van der Waals surface area (Å²) in [6.07, 6.45) is 3.16. The molecular weight excluding hydrogens is 333 g/mol. The first-order valence-corrected chi connectivity index (χ1v) is 6.20. The minimum atomic E-state index is -0.882. The van der Waals surface area contributed by atoms with E-state index in [0.29, 0.717) is 17.6 Å². The van der Waals surface area contributed by atoms with Crippen molar-refractivity contribution < 1.29 is 10.2 Å². The molecule has 0 radical (unpaired) electrons. The molecule has 0 unspecified atom stereocenters. The molecule has 2 aromatic heterocycles. The molecule has 22 heavy (non-hydrogen) atoms. The highest BCUT2D eigenvalue weighted by atomic mass is 35.5. The molecule has 0 saturated heterocycles. The average molecular weight is 350 g/mol. The average Bonchev–Trinajstić information content (AvgIpc) is 2.93. The molecule has 3 atom stereocenters. The minimum absolute atomic E-state index is 0. The summed E-state index contributed by atoms with van der Waals surface area (Å²) in [4.78, 5) is 21.2. The quantitative estimate of drug-likeness (QED) is 0.410. The summed E-state index contributed by atoms with van der Waals surface area (Å²) < 4.78 is 0. The number of H-pyrrole nitrogens is 2. The Morgan fingerprint density at radius 1 is 1.32 bits per heavy atom. The van der Waals surface area contributed by atoms with Crippen molar-refractivity contribution in [3.8, 4) is 0 Å². The number of nitrogens with zero attached hydrogens (tertiary/aromatic N) is 1. The van der Waals surface area contributed by atoms with E-state index in [0.717, 1.165) is 5.56 Å². The van der Waals surface area contributed by atoms with Crippen molar-refractivity contribution in [2.45, 2.75) is 24.8 Å². The van der Waals surface area contributed by atoms with Crippen molar-refractivity contribution in [1.82, 2.24) is 20.3 Å². The highest BCUT2D eigenvalue weighted by molar-refractivity contribution is 5.85. The molecule has 0 fully saturated rings. The number of hydrogen-bond acceptors (Lipinski definition) is 6. The number of nitrogens with two attached hydrogens (primary N) is 1. The maximum absolute atomic E-state index is 11.9. The molecule has 0 spiro atoms. The van der Waals surface area contributed by atoms with Crippen molar-refractivity contribution in [3.05, 3.63) is 34.3 Å². The summed E-state index contributed by atoms with van der Waals surface area (Å²) in [6.45, 7) is 0.355. The minimum Gasteiger partial charge on any atom is -0.388 e. The van der Waals surface area contributed by atoms with Crippen molar-refractivity contribution in [1.29, 1.82) is 0 Å². The molecule has 7 N–H and O–H groups in total. The van der Waals surface area contributed by atoms with Crippen molar-refractivity contribution in [2.75, 3.05) is 5.73 Å². The number of aliphatic hydroxyl groups is 2. The van der Waals surface area contributed by atoms with Crippen molar-refractivity contribution in [3.63, 3.8) is 0 Å². The first kappa shape index (κ1) is 18.5. The van der Waals surface area contributed by atoms with Crippen LogP contribution in [0.25, 0.3) is 11.0 Å². The van der Waals surface area contributed by atoms with E-state index in [4.69, 9.17) is 5.73 Å². The highest BCUT2D eigenvalue weighted by Gasteiger charge is 2.27. The van der Waals surface area contributed by atoms with Gasteiger partial charge < -0.3 is 26.2 Å². The number of nitrogen functional groups attached to an aromatic ring is 1. The molecule has 0 amide bonds. The monoisotopic (exact) mass is 349 g/mol. The van der Waals surface area contributed by atoms with Crippen LogP contribution < -0.4 is 16.6 Å². The van der Waals surface area contributed by atoms with Crippen molar-refractivity contribution >= 4 is 41.8 Å². The van der Waals surface area contributed by atoms with Crippen LogP contribution in [0.15, 0.2) is 23.1 Å². The highest BCUT2D eigenvalue weighted by Crippen LogP contribution is 2.15. The van der Waals surface area contributed by atoms with Gasteiger partial charge in [0.1, 0.15) is 11.8 Å². The normalized spacial score (nSPS) is 23.3. The second kappa shape index (κ2) is 7.12. The Kier molecular flexibility index (Phi) is 5.98. The Morgan fingerprint density at radius 2 is 2.05 bits per heavy atom. The fourth-order valence-corrected chi connectivity index (χ4v) is 2.35. The lowest BCUT2D eigenvalue weighted by atomic mass is 10.1. The van der Waals surface area contributed by atoms with Gasteiger partial charge in [0.2, 0.25) is 5.95 Å². The van der Waals surface area contributed by atoms with Gasteiger partial charge in [-0.1, -0.05) is 12.2 Å². The Labute approximate surface area is 137 Å². The van der Waals surface area contributed by atoms with Crippen LogP contribution in [0.3, 0.4) is 0 Å². The lowest BCUT2D eigenvalue weighted by Gasteiger charge is -2.17. The first-order chi connectivity index (χ1) is 9.56. The molecule has 1 aliphatic rings. The van der Waals surface area contributed by atoms with Gasteiger partial charge in [0.25, 0.3) is 5.56 Å². The number of aromatic nitrogens is 3. The number of hydrogen-bond donors (Lipinski definition) is 6. The summed E-state index contributed by atoms with van der Waals surface area (Å²) in [6, 6.07) is -0.351. The zero-order valence-corrected chi connectivity index (χ0v) is 12.9. The summed E-state index contributed by atoms with van der Waals surface area (Å²) in [5.74, 6) is 0.0566. The van der Waals surface area contributed by atoms with E-state index in [9.17, 15) is 15.0 Å². The van der Waals surface area contributed by atoms with Crippen LogP contribution in [0.5, 0.6) is 0 Å². The first-order valence-electron chi connectivity index (χ1n) is 6.20. The number of halogens is 2. The third kappa shape index (κ3) is 3.26. The second-order valence-electron chi connectivity index (χ2n) is 4.76. The van der Waals surface area contributed by atoms with E-state index in [-0.39, 0.29) is 42.4 Å². The van der Waals surface area contributed by atoms with E-state index < -0.39 is 12.2 Å². The van der Waals surface area contributed by atoms with Gasteiger partial charge in [-0.25, -0.2) is 0 Å². The van der Waals surface area contributed by atoms with E-state index in [1.165, 1.54) is 6.08 Å². The molecule has 0 aromatic carbocycles. The van der Waals surface area contributed by atoms with Crippen LogP contribution in [0.2, 0.25) is 0 Å². The molecule has 3 rings (SSSR count). The largest absolute Gasteiger partial charge is 0.388 e. The third-order valence-electron chi connectivity index (χ3n) is 3.40. The number of aliphatic hydroxyl groups excluding tert-OH is 2. The standard InChI is InChI=1S/C12H15N5O3.2ClH/c13-12-16-10-8(11(20)17-12)5(4-15-10)3-14-6-1-2-7(18)9(6)19;;/h1-2,4,6-7,9,14,18-19H,3H2,(H4,13,15,16,17,20);2*1H/t6-,7-,9+;;/m1../s1. The van der Waals surface area contributed by atoms with Crippen LogP contribution in [0.4, 0.5) is 5.95 Å². The smallest absolute Gasteiger partial charge is 0.262 e. The zero-order valence-electron chi connectivity index (χ0n) is 11.3. The van der Waals surface area contributed by atoms with Gasteiger partial charge in [-0.3, -0.25) is 9.78 Å². The van der Waals surface area contributed by atoms with E-state index >= 15 is 0 Å². The Bertz CT molecular complexity index is 729. The predicted octanol–water partition coefficient (Wildman–Crippen LogP) is -0.573. The number of anilines is 1. The van der Waals surface area contributed by atoms with Crippen LogP contribution in [0, 0.1) is 0 Å². The molecule has 2 heterocycles. The van der Waals surface area contributed by atoms with Crippen LogP contribution in [0.1, 0.15) is 5.56 Å². The van der Waals surface area contributed by atoms with E-state index in [1.54, 1.807) is 12.3 Å². The van der Waals surface area contributed by atoms with Crippen LogP contribution in [-0.4, -0.2) is 43.4 Å². The summed E-state index contributed by atoms with van der Waals surface area (Å²) in [7, 11) is 0. The second-order valence-corrected chi connectivity index (χ2v) is 4.76. The maximum atomic E-state index is 11.9. The topological polar surface area (TPSA) is 140 Å². The lowest BCUT2D eigenvalue weighted by Crippen LogP contribution is -2.40. The summed E-state index contributed by atoms with van der Waals surface area (Å²) in [5.41, 5.74) is 6.30. The van der Waals surface area contributed by atoms with Gasteiger partial charge in [-0.2, -0.15) is 4.98 Å². The molecule has 8 nitrogen and oxygen atoms in total. The van der Waals surface area contributed by atoms with Crippen LogP contribution >= 0.6 is 24.8 Å². The van der Waals surface area contributed by atoms with Crippen molar-refractivity contribution in [2.24, 2.45) is 0 Å². The summed E-state index contributed by atoms with van der Waals surface area (Å²) in [5, 5.41) is 22.6. The predicted molar refractivity (Wildman–Crippen MR) is 87.4 cm³/mol. The SMILES string of the molecule is Cl.Cl.Nc1nc2[nH]cc(CN[C@@H]3C=C[C@@H](O)[C@H]3O)c2c(=O)[nH]1. The van der Waals surface area contributed by atoms with Gasteiger partial charge in [-0.05, 0) is 5.56 Å².